The maximum Gasteiger partial charge on any atom is 0.264 e. The quantitative estimate of drug-likeness (QED) is 0.632. The summed E-state index contributed by atoms with van der Waals surface area (Å²) < 4.78 is 0. The molecule has 1 saturated heterocycles. The molecular formula is C16H20N6O2. The van der Waals surface area contributed by atoms with E-state index in [9.17, 15) is 9.59 Å². The van der Waals surface area contributed by atoms with Gasteiger partial charge in [-0.1, -0.05) is 6.07 Å². The number of aromatic amines is 1. The van der Waals surface area contributed by atoms with Crippen LogP contribution in [0.1, 0.15) is 24.2 Å². The first-order chi connectivity index (χ1) is 11.6. The monoisotopic (exact) mass is 328 g/mol. The molecule has 24 heavy (non-hydrogen) atoms. The predicted octanol–water partition coefficient (Wildman–Crippen LogP) is 0.0627. The van der Waals surface area contributed by atoms with Crippen molar-refractivity contribution in [2.75, 3.05) is 6.54 Å². The van der Waals surface area contributed by atoms with Gasteiger partial charge < -0.3 is 10.3 Å². The van der Waals surface area contributed by atoms with Crippen molar-refractivity contribution in [3.8, 4) is 11.5 Å². The van der Waals surface area contributed by atoms with E-state index < -0.39 is 11.5 Å². The summed E-state index contributed by atoms with van der Waals surface area (Å²) in [4.78, 5) is 35.3. The smallest absolute Gasteiger partial charge is 0.264 e. The lowest BCUT2D eigenvalue weighted by atomic mass is 9.97. The second-order valence-electron chi connectivity index (χ2n) is 5.93. The second-order valence-corrected chi connectivity index (χ2v) is 5.93. The molecule has 0 bridgehead atoms. The third kappa shape index (κ3) is 3.34. The van der Waals surface area contributed by atoms with Crippen molar-refractivity contribution in [3.05, 3.63) is 46.5 Å². The number of carbonyl (C=O) groups excluding carboxylic acids is 1. The number of H-pyrrole nitrogens is 1. The molecule has 3 heterocycles. The van der Waals surface area contributed by atoms with Crippen LogP contribution in [0.15, 0.2) is 35.4 Å². The third-order valence-electron chi connectivity index (χ3n) is 4.27. The van der Waals surface area contributed by atoms with Crippen LogP contribution in [0.25, 0.3) is 11.5 Å². The number of hydrogen-bond donors (Lipinski definition) is 4. The predicted molar refractivity (Wildman–Crippen MR) is 89.1 cm³/mol. The SMILES string of the molecule is CC1NNC(C)C1CNC(=O)c1cnc(-c2ccccn2)[nH]c1=O. The molecule has 0 aliphatic carbocycles. The maximum absolute atomic E-state index is 12.3. The van der Waals surface area contributed by atoms with E-state index in [-0.39, 0.29) is 23.6 Å². The molecule has 126 valence electrons. The van der Waals surface area contributed by atoms with Crippen LogP contribution in [0.2, 0.25) is 0 Å². The highest BCUT2D eigenvalue weighted by molar-refractivity contribution is 5.93. The molecule has 1 aliphatic rings. The topological polar surface area (TPSA) is 112 Å². The summed E-state index contributed by atoms with van der Waals surface area (Å²) in [5.74, 6) is 0.153. The maximum atomic E-state index is 12.3. The third-order valence-corrected chi connectivity index (χ3v) is 4.27. The zero-order chi connectivity index (χ0) is 17.1. The zero-order valence-electron chi connectivity index (χ0n) is 13.5. The number of amides is 1. The fourth-order valence-corrected chi connectivity index (χ4v) is 2.76. The fraction of sp³-hybridized carbons (Fsp3) is 0.375. The molecule has 3 rings (SSSR count). The summed E-state index contributed by atoms with van der Waals surface area (Å²) in [5.41, 5.74) is 6.33. The Labute approximate surface area is 139 Å². The lowest BCUT2D eigenvalue weighted by Gasteiger charge is -2.18. The fourth-order valence-electron chi connectivity index (χ4n) is 2.76. The normalized spacial score (nSPS) is 23.2. The molecule has 0 saturated carbocycles. The molecule has 8 nitrogen and oxygen atoms in total. The molecule has 2 unspecified atom stereocenters. The van der Waals surface area contributed by atoms with Crippen molar-refractivity contribution in [3.63, 3.8) is 0 Å². The van der Waals surface area contributed by atoms with E-state index in [2.05, 4.69) is 31.1 Å². The van der Waals surface area contributed by atoms with E-state index in [1.54, 1.807) is 24.4 Å². The Hall–Kier alpha value is -2.58. The Morgan fingerprint density at radius 1 is 1.21 bits per heavy atom. The van der Waals surface area contributed by atoms with Gasteiger partial charge in [-0.25, -0.2) is 4.98 Å². The minimum atomic E-state index is -0.480. The molecule has 4 N–H and O–H groups in total. The van der Waals surface area contributed by atoms with Gasteiger partial charge in [-0.15, -0.1) is 0 Å². The molecule has 0 spiro atoms. The number of aromatic nitrogens is 3. The van der Waals surface area contributed by atoms with Crippen molar-refractivity contribution < 1.29 is 4.79 Å². The summed E-state index contributed by atoms with van der Waals surface area (Å²) >= 11 is 0. The van der Waals surface area contributed by atoms with Gasteiger partial charge in [-0.05, 0) is 26.0 Å². The van der Waals surface area contributed by atoms with Crippen molar-refractivity contribution in [1.29, 1.82) is 0 Å². The largest absolute Gasteiger partial charge is 0.351 e. The van der Waals surface area contributed by atoms with Gasteiger partial charge in [-0.2, -0.15) is 0 Å². The van der Waals surface area contributed by atoms with E-state index in [1.807, 2.05) is 13.8 Å². The zero-order valence-corrected chi connectivity index (χ0v) is 13.5. The Morgan fingerprint density at radius 2 is 1.96 bits per heavy atom. The lowest BCUT2D eigenvalue weighted by Crippen LogP contribution is -2.39. The van der Waals surface area contributed by atoms with Crippen molar-refractivity contribution in [2.24, 2.45) is 5.92 Å². The highest BCUT2D eigenvalue weighted by Crippen LogP contribution is 2.13. The minimum absolute atomic E-state index is 0.00565. The van der Waals surface area contributed by atoms with Crippen LogP contribution in [-0.4, -0.2) is 39.5 Å². The van der Waals surface area contributed by atoms with Gasteiger partial charge in [0.25, 0.3) is 11.5 Å². The van der Waals surface area contributed by atoms with Gasteiger partial charge >= 0.3 is 0 Å². The number of carbonyl (C=O) groups is 1. The van der Waals surface area contributed by atoms with E-state index in [4.69, 9.17) is 0 Å². The summed E-state index contributed by atoms with van der Waals surface area (Å²) in [7, 11) is 0. The van der Waals surface area contributed by atoms with Gasteiger partial charge in [0.1, 0.15) is 11.3 Å². The molecule has 1 aliphatic heterocycles. The number of nitrogens with zero attached hydrogens (tertiary/aromatic N) is 2. The summed E-state index contributed by atoms with van der Waals surface area (Å²) in [6.07, 6.45) is 2.90. The van der Waals surface area contributed by atoms with E-state index >= 15 is 0 Å². The first-order valence-electron chi connectivity index (χ1n) is 7.86. The molecule has 1 amide bonds. The van der Waals surface area contributed by atoms with Gasteiger partial charge in [0.2, 0.25) is 0 Å². The summed E-state index contributed by atoms with van der Waals surface area (Å²) in [6, 6.07) is 5.79. The number of hydrazine groups is 1. The van der Waals surface area contributed by atoms with Crippen LogP contribution in [0.4, 0.5) is 0 Å². The molecule has 2 aromatic rings. The minimum Gasteiger partial charge on any atom is -0.351 e. The first kappa shape index (κ1) is 16.3. The Morgan fingerprint density at radius 3 is 2.58 bits per heavy atom. The van der Waals surface area contributed by atoms with Gasteiger partial charge in [0.15, 0.2) is 5.82 Å². The Balaban J connectivity index is 1.70. The van der Waals surface area contributed by atoms with Crippen LogP contribution in [-0.2, 0) is 0 Å². The Kier molecular flexibility index (Phi) is 4.68. The van der Waals surface area contributed by atoms with Crippen LogP contribution in [0.3, 0.4) is 0 Å². The molecule has 0 radical (unpaired) electrons. The van der Waals surface area contributed by atoms with E-state index in [1.165, 1.54) is 6.20 Å². The van der Waals surface area contributed by atoms with Gasteiger partial charge in [0.05, 0.1) is 0 Å². The van der Waals surface area contributed by atoms with Crippen LogP contribution in [0, 0.1) is 5.92 Å². The summed E-state index contributed by atoms with van der Waals surface area (Å²) in [5, 5.41) is 2.81. The average Bonchev–Trinajstić information content (AvgIpc) is 2.91. The highest BCUT2D eigenvalue weighted by atomic mass is 16.2. The van der Waals surface area contributed by atoms with Crippen molar-refractivity contribution in [2.45, 2.75) is 25.9 Å². The molecule has 2 aromatic heterocycles. The number of nitrogens with one attached hydrogen (secondary N) is 4. The van der Waals surface area contributed by atoms with E-state index in [0.29, 0.717) is 18.1 Å². The van der Waals surface area contributed by atoms with E-state index in [0.717, 1.165) is 0 Å². The highest BCUT2D eigenvalue weighted by Gasteiger charge is 2.30. The van der Waals surface area contributed by atoms with Gasteiger partial charge in [0, 0.05) is 36.9 Å². The van der Waals surface area contributed by atoms with Crippen LogP contribution >= 0.6 is 0 Å². The number of hydrogen-bond acceptors (Lipinski definition) is 6. The molecule has 2 atom stereocenters. The van der Waals surface area contributed by atoms with Crippen molar-refractivity contribution in [1.82, 2.24) is 31.1 Å². The molecule has 0 aromatic carbocycles. The number of rotatable bonds is 4. The molecular weight excluding hydrogens is 308 g/mol. The van der Waals surface area contributed by atoms with Crippen molar-refractivity contribution >= 4 is 5.91 Å². The van der Waals surface area contributed by atoms with Crippen LogP contribution < -0.4 is 21.7 Å². The van der Waals surface area contributed by atoms with Gasteiger partial charge in [-0.3, -0.25) is 25.4 Å². The lowest BCUT2D eigenvalue weighted by molar-refractivity contribution is 0.0943. The second kappa shape index (κ2) is 6.90. The summed E-state index contributed by atoms with van der Waals surface area (Å²) in [6.45, 7) is 4.56. The standard InChI is InChI=1S/C16H20N6O2/c1-9-11(10(2)22-21-9)7-19-15(23)12-8-18-14(20-16(12)24)13-5-3-4-6-17-13/h3-6,8-11,21-22H,7H2,1-2H3,(H,19,23)(H,18,20,24). The van der Waals surface area contributed by atoms with Crippen LogP contribution in [0.5, 0.6) is 0 Å². The Bertz CT molecular complexity index is 766. The number of pyridine rings is 1. The molecule has 8 heteroatoms. The average molecular weight is 328 g/mol. The first-order valence-corrected chi connectivity index (χ1v) is 7.86. The molecule has 1 fully saturated rings.